The van der Waals surface area contributed by atoms with Gasteiger partial charge in [0.1, 0.15) is 6.10 Å². The van der Waals surface area contributed by atoms with Crippen molar-refractivity contribution in [1.29, 1.82) is 0 Å². The largest absolute Gasteiger partial charge is 0.462 e. The van der Waals surface area contributed by atoms with Crippen LogP contribution in [0.1, 0.15) is 13.8 Å². The van der Waals surface area contributed by atoms with Crippen molar-refractivity contribution in [3.8, 4) is 0 Å². The van der Waals surface area contributed by atoms with Gasteiger partial charge in [0.05, 0.1) is 6.16 Å². The average molecular weight is 180 g/mol. The molecule has 66 valence electrons. The van der Waals surface area contributed by atoms with Gasteiger partial charge in [-0.1, -0.05) is 0 Å². The molecular formula is C6H13O4P. The van der Waals surface area contributed by atoms with Gasteiger partial charge in [-0.25, -0.2) is 0 Å². The summed E-state index contributed by atoms with van der Waals surface area (Å²) in [4.78, 5) is 19.2. The van der Waals surface area contributed by atoms with Gasteiger partial charge in [0.2, 0.25) is 7.37 Å². The maximum atomic E-state index is 10.8. The molecule has 0 radical (unpaired) electrons. The fourth-order valence-corrected chi connectivity index (χ4v) is 1.83. The first-order valence-corrected chi connectivity index (χ1v) is 5.57. The standard InChI is InChI=1S/C6H13O4P/c1-5(10-6(2)7)4-11(3,8)9/h5H,4H2,1-3H3,(H,8,9). The molecule has 0 aromatic carbocycles. The van der Waals surface area contributed by atoms with Crippen LogP contribution in [0.5, 0.6) is 0 Å². The second-order valence-electron chi connectivity index (χ2n) is 2.65. The molecule has 4 nitrogen and oxygen atoms in total. The van der Waals surface area contributed by atoms with Crippen molar-refractivity contribution < 1.29 is 19.0 Å². The summed E-state index contributed by atoms with van der Waals surface area (Å²) in [5, 5.41) is 0. The number of ether oxygens (including phenoxy) is 1. The number of rotatable bonds is 3. The Morgan fingerprint density at radius 2 is 2.18 bits per heavy atom. The molecule has 0 rings (SSSR count). The number of hydrogen-bond acceptors (Lipinski definition) is 3. The van der Waals surface area contributed by atoms with Gasteiger partial charge in [-0.05, 0) is 6.92 Å². The Hall–Kier alpha value is -0.340. The van der Waals surface area contributed by atoms with Crippen molar-refractivity contribution in [1.82, 2.24) is 0 Å². The van der Waals surface area contributed by atoms with Crippen LogP contribution < -0.4 is 0 Å². The smallest absolute Gasteiger partial charge is 0.302 e. The van der Waals surface area contributed by atoms with Crippen molar-refractivity contribution in [2.24, 2.45) is 0 Å². The summed E-state index contributed by atoms with van der Waals surface area (Å²) in [5.74, 6) is -0.425. The normalized spacial score (nSPS) is 18.5. The monoisotopic (exact) mass is 180 g/mol. The van der Waals surface area contributed by atoms with Crippen LogP contribution >= 0.6 is 7.37 Å². The molecule has 5 heteroatoms. The van der Waals surface area contributed by atoms with Crippen molar-refractivity contribution in [2.75, 3.05) is 12.8 Å². The lowest BCUT2D eigenvalue weighted by Gasteiger charge is -2.12. The van der Waals surface area contributed by atoms with E-state index in [9.17, 15) is 9.36 Å². The van der Waals surface area contributed by atoms with Crippen molar-refractivity contribution >= 4 is 13.3 Å². The van der Waals surface area contributed by atoms with Crippen molar-refractivity contribution in [3.05, 3.63) is 0 Å². The topological polar surface area (TPSA) is 63.6 Å². The summed E-state index contributed by atoms with van der Waals surface area (Å²) in [5.41, 5.74) is 0. The molecule has 0 spiro atoms. The van der Waals surface area contributed by atoms with Gasteiger partial charge in [-0.15, -0.1) is 0 Å². The SMILES string of the molecule is CC(=O)OC(C)CP(C)(=O)O. The van der Waals surface area contributed by atoms with Gasteiger partial charge in [0, 0.05) is 13.6 Å². The molecule has 0 aromatic rings. The lowest BCUT2D eigenvalue weighted by atomic mass is 10.5. The second kappa shape index (κ2) is 3.88. The molecular weight excluding hydrogens is 167 g/mol. The van der Waals surface area contributed by atoms with E-state index in [-0.39, 0.29) is 6.16 Å². The molecule has 0 aliphatic carbocycles. The zero-order chi connectivity index (χ0) is 9.07. The molecule has 0 amide bonds. The fraction of sp³-hybridized carbons (Fsp3) is 0.833. The highest BCUT2D eigenvalue weighted by atomic mass is 31.2. The molecule has 0 aromatic heterocycles. The van der Waals surface area contributed by atoms with E-state index in [0.29, 0.717) is 0 Å². The first-order chi connectivity index (χ1) is 4.81. The minimum atomic E-state index is -3.06. The Kier molecular flexibility index (Phi) is 3.76. The van der Waals surface area contributed by atoms with Gasteiger partial charge in [-0.3, -0.25) is 9.36 Å². The molecule has 0 saturated heterocycles. The first kappa shape index (κ1) is 10.7. The van der Waals surface area contributed by atoms with Gasteiger partial charge < -0.3 is 9.63 Å². The summed E-state index contributed by atoms with van der Waals surface area (Å²) >= 11 is 0. The Morgan fingerprint density at radius 1 is 1.73 bits per heavy atom. The maximum absolute atomic E-state index is 10.8. The lowest BCUT2D eigenvalue weighted by molar-refractivity contribution is -0.144. The summed E-state index contributed by atoms with van der Waals surface area (Å²) < 4.78 is 15.4. The van der Waals surface area contributed by atoms with Gasteiger partial charge in [0.15, 0.2) is 0 Å². The highest BCUT2D eigenvalue weighted by Gasteiger charge is 2.16. The average Bonchev–Trinajstić information content (AvgIpc) is 1.53. The van der Waals surface area contributed by atoms with E-state index in [2.05, 4.69) is 4.74 Å². The predicted molar refractivity (Wildman–Crippen MR) is 41.8 cm³/mol. The Balaban J connectivity index is 3.79. The highest BCUT2D eigenvalue weighted by molar-refractivity contribution is 7.57. The van der Waals surface area contributed by atoms with E-state index in [1.165, 1.54) is 13.6 Å². The predicted octanol–water partition coefficient (Wildman–Crippen LogP) is 0.838. The van der Waals surface area contributed by atoms with E-state index >= 15 is 0 Å². The molecule has 11 heavy (non-hydrogen) atoms. The number of carbonyl (C=O) groups is 1. The first-order valence-electron chi connectivity index (χ1n) is 3.28. The minimum Gasteiger partial charge on any atom is -0.462 e. The molecule has 0 fully saturated rings. The number of hydrogen-bond donors (Lipinski definition) is 1. The molecule has 0 saturated carbocycles. The molecule has 1 N–H and O–H groups in total. The van der Waals surface area contributed by atoms with Gasteiger partial charge in [-0.2, -0.15) is 0 Å². The second-order valence-corrected chi connectivity index (χ2v) is 5.12. The van der Waals surface area contributed by atoms with Gasteiger partial charge >= 0.3 is 5.97 Å². The van der Waals surface area contributed by atoms with Gasteiger partial charge in [0.25, 0.3) is 0 Å². The maximum Gasteiger partial charge on any atom is 0.302 e. The minimum absolute atomic E-state index is 0.0204. The lowest BCUT2D eigenvalue weighted by Crippen LogP contribution is -2.16. The third kappa shape index (κ3) is 7.56. The third-order valence-corrected chi connectivity index (χ3v) is 2.15. The van der Waals surface area contributed by atoms with E-state index in [1.807, 2.05) is 0 Å². The molecule has 0 aliphatic rings. The van der Waals surface area contributed by atoms with Crippen LogP contribution in [-0.2, 0) is 14.1 Å². The number of carbonyl (C=O) groups excluding carboxylic acids is 1. The zero-order valence-electron chi connectivity index (χ0n) is 6.90. The highest BCUT2D eigenvalue weighted by Crippen LogP contribution is 2.36. The molecule has 0 bridgehead atoms. The Bertz CT molecular complexity index is 183. The van der Waals surface area contributed by atoms with E-state index in [4.69, 9.17) is 4.89 Å². The summed E-state index contributed by atoms with van der Waals surface area (Å²) in [6.07, 6.45) is -0.458. The molecule has 0 heterocycles. The quantitative estimate of drug-likeness (QED) is 0.516. The summed E-state index contributed by atoms with van der Waals surface area (Å²) in [6.45, 7) is 4.11. The van der Waals surface area contributed by atoms with Crippen LogP contribution in [0.25, 0.3) is 0 Å². The zero-order valence-corrected chi connectivity index (χ0v) is 7.80. The van der Waals surface area contributed by atoms with Crippen LogP contribution in [0, 0.1) is 0 Å². The summed E-state index contributed by atoms with van der Waals surface area (Å²) in [6, 6.07) is 0. The van der Waals surface area contributed by atoms with Crippen molar-refractivity contribution in [3.63, 3.8) is 0 Å². The van der Waals surface area contributed by atoms with E-state index in [0.717, 1.165) is 0 Å². The van der Waals surface area contributed by atoms with E-state index < -0.39 is 19.4 Å². The Morgan fingerprint density at radius 3 is 2.45 bits per heavy atom. The van der Waals surface area contributed by atoms with Crippen LogP contribution in [0.4, 0.5) is 0 Å². The third-order valence-electron chi connectivity index (χ3n) is 0.963. The van der Waals surface area contributed by atoms with Crippen LogP contribution in [0.2, 0.25) is 0 Å². The van der Waals surface area contributed by atoms with Crippen LogP contribution in [0.15, 0.2) is 0 Å². The molecule has 0 aliphatic heterocycles. The van der Waals surface area contributed by atoms with E-state index in [1.54, 1.807) is 6.92 Å². The summed E-state index contributed by atoms with van der Waals surface area (Å²) in [7, 11) is -3.06. The fourth-order valence-electron chi connectivity index (χ4n) is 0.798. The van der Waals surface area contributed by atoms with Crippen LogP contribution in [0.3, 0.4) is 0 Å². The van der Waals surface area contributed by atoms with Crippen molar-refractivity contribution in [2.45, 2.75) is 20.0 Å². The molecule has 2 unspecified atom stereocenters. The Labute approximate surface area is 66.0 Å². The van der Waals surface area contributed by atoms with Crippen LogP contribution in [-0.4, -0.2) is 29.8 Å². The number of esters is 1. The molecule has 2 atom stereocenters.